The molecule has 1 N–H and O–H groups in total. The smallest absolute Gasteiger partial charge is 0.243 e. The summed E-state index contributed by atoms with van der Waals surface area (Å²) < 4.78 is 0. The first-order chi connectivity index (χ1) is 17.6. The third kappa shape index (κ3) is 7.44. The first-order valence-electron chi connectivity index (χ1n) is 13.0. The van der Waals surface area contributed by atoms with Gasteiger partial charge in [-0.15, -0.1) is 0 Å². The Kier molecular flexibility index (Phi) is 9.57. The second-order valence-electron chi connectivity index (χ2n) is 9.65. The van der Waals surface area contributed by atoms with Crippen LogP contribution in [0.15, 0.2) is 84.9 Å². The van der Waals surface area contributed by atoms with Crippen LogP contribution in [-0.4, -0.2) is 28.8 Å². The second kappa shape index (κ2) is 13.3. The lowest BCUT2D eigenvalue weighted by atomic mass is 9.94. The summed E-state index contributed by atoms with van der Waals surface area (Å²) >= 11 is 6.36. The van der Waals surface area contributed by atoms with Gasteiger partial charge in [0.15, 0.2) is 0 Å². The first kappa shape index (κ1) is 26.0. The summed E-state index contributed by atoms with van der Waals surface area (Å²) in [7, 11) is 0. The highest BCUT2D eigenvalue weighted by Gasteiger charge is 2.31. The fourth-order valence-electron chi connectivity index (χ4n) is 4.96. The summed E-state index contributed by atoms with van der Waals surface area (Å²) in [5.74, 6) is -0.105. The molecule has 0 unspecified atom stereocenters. The van der Waals surface area contributed by atoms with Gasteiger partial charge in [-0.05, 0) is 42.0 Å². The molecule has 0 saturated heterocycles. The van der Waals surface area contributed by atoms with Gasteiger partial charge in [0.2, 0.25) is 11.8 Å². The van der Waals surface area contributed by atoms with Crippen molar-refractivity contribution in [2.45, 2.75) is 70.0 Å². The van der Waals surface area contributed by atoms with E-state index >= 15 is 0 Å². The number of hydrogen-bond donors (Lipinski definition) is 1. The molecule has 2 amide bonds. The molecule has 5 heteroatoms. The monoisotopic (exact) mass is 502 g/mol. The van der Waals surface area contributed by atoms with Crippen LogP contribution >= 0.6 is 11.6 Å². The first-order valence-corrected chi connectivity index (χ1v) is 13.4. The zero-order valence-corrected chi connectivity index (χ0v) is 21.5. The predicted octanol–water partition coefficient (Wildman–Crippen LogP) is 6.36. The van der Waals surface area contributed by atoms with Crippen LogP contribution in [0.1, 0.15) is 55.2 Å². The summed E-state index contributed by atoms with van der Waals surface area (Å²) in [6.07, 6.45) is 6.80. The molecule has 0 aliphatic heterocycles. The molecule has 0 spiro atoms. The van der Waals surface area contributed by atoms with Gasteiger partial charge in [0.25, 0.3) is 0 Å². The highest BCUT2D eigenvalue weighted by Crippen LogP contribution is 2.22. The molecule has 3 aromatic rings. The Morgan fingerprint density at radius 1 is 0.833 bits per heavy atom. The molecule has 4 nitrogen and oxygen atoms in total. The number of nitrogens with one attached hydrogen (secondary N) is 1. The van der Waals surface area contributed by atoms with Crippen molar-refractivity contribution in [2.75, 3.05) is 0 Å². The van der Waals surface area contributed by atoms with Crippen LogP contribution in [0.4, 0.5) is 0 Å². The molecule has 1 atom stereocenters. The number of carbonyl (C=O) groups is 2. The molecular formula is C31H35ClN2O2. The summed E-state index contributed by atoms with van der Waals surface area (Å²) in [4.78, 5) is 29.3. The molecule has 4 rings (SSSR count). The Bertz CT molecular complexity index is 1110. The Labute approximate surface area is 219 Å². The van der Waals surface area contributed by atoms with Gasteiger partial charge >= 0.3 is 0 Å². The Morgan fingerprint density at radius 3 is 2.11 bits per heavy atom. The van der Waals surface area contributed by atoms with Gasteiger partial charge < -0.3 is 10.2 Å². The fourth-order valence-corrected chi connectivity index (χ4v) is 5.19. The van der Waals surface area contributed by atoms with Gasteiger partial charge in [0, 0.05) is 30.5 Å². The predicted molar refractivity (Wildman–Crippen MR) is 146 cm³/mol. The van der Waals surface area contributed by atoms with Crippen molar-refractivity contribution in [3.63, 3.8) is 0 Å². The van der Waals surface area contributed by atoms with Crippen LogP contribution in [0.2, 0.25) is 5.02 Å². The average molecular weight is 503 g/mol. The van der Waals surface area contributed by atoms with Crippen molar-refractivity contribution in [2.24, 2.45) is 0 Å². The molecule has 188 valence electrons. The van der Waals surface area contributed by atoms with E-state index in [1.807, 2.05) is 84.9 Å². The standard InChI is InChI=1S/C31H35ClN2O2/c32-28-19-11-10-16-26(28)20-21-30(35)34(23-25-14-6-2-7-15-25)29(22-24-12-4-1-5-13-24)31(36)33-27-17-8-3-9-18-27/h1-2,4-7,10-16,19,27,29H,3,8-9,17-18,20-23H2,(H,33,36)/t29-/m0/s1. The van der Waals surface area contributed by atoms with E-state index in [1.165, 1.54) is 6.42 Å². The molecule has 1 fully saturated rings. The molecule has 0 radical (unpaired) electrons. The van der Waals surface area contributed by atoms with Gasteiger partial charge in [-0.1, -0.05) is 110 Å². The van der Waals surface area contributed by atoms with Gasteiger partial charge in [-0.3, -0.25) is 9.59 Å². The number of aryl methyl sites for hydroxylation is 1. The van der Waals surface area contributed by atoms with Crippen LogP contribution in [-0.2, 0) is 29.0 Å². The van der Waals surface area contributed by atoms with Gasteiger partial charge in [-0.25, -0.2) is 0 Å². The van der Waals surface area contributed by atoms with Crippen molar-refractivity contribution in [3.05, 3.63) is 107 Å². The summed E-state index contributed by atoms with van der Waals surface area (Å²) in [5, 5.41) is 3.95. The van der Waals surface area contributed by atoms with Crippen molar-refractivity contribution < 1.29 is 9.59 Å². The number of halogens is 1. The van der Waals surface area contributed by atoms with Crippen LogP contribution in [0.5, 0.6) is 0 Å². The largest absolute Gasteiger partial charge is 0.352 e. The van der Waals surface area contributed by atoms with E-state index in [1.54, 1.807) is 4.90 Å². The maximum absolute atomic E-state index is 13.8. The lowest BCUT2D eigenvalue weighted by Crippen LogP contribution is -2.52. The van der Waals surface area contributed by atoms with E-state index in [9.17, 15) is 9.59 Å². The molecular weight excluding hydrogens is 468 g/mol. The SMILES string of the molecule is O=C(NC1CCCCC1)[C@H](Cc1ccccc1)N(Cc1ccccc1)C(=O)CCc1ccccc1Cl. The normalized spacial score (nSPS) is 14.7. The van der Waals surface area contributed by atoms with Gasteiger partial charge in [-0.2, -0.15) is 0 Å². The summed E-state index contributed by atoms with van der Waals surface area (Å²) in [5.41, 5.74) is 2.99. The van der Waals surface area contributed by atoms with Crippen LogP contribution in [0.25, 0.3) is 0 Å². The number of benzene rings is 3. The minimum absolute atomic E-state index is 0.0431. The molecule has 1 aliphatic rings. The van der Waals surface area contributed by atoms with Crippen molar-refractivity contribution in [1.82, 2.24) is 10.2 Å². The quantitative estimate of drug-likeness (QED) is 0.350. The maximum atomic E-state index is 13.8. The van der Waals surface area contributed by atoms with Gasteiger partial charge in [0.1, 0.15) is 6.04 Å². The van der Waals surface area contributed by atoms with E-state index in [2.05, 4.69) is 5.32 Å². The number of hydrogen-bond acceptors (Lipinski definition) is 2. The van der Waals surface area contributed by atoms with E-state index < -0.39 is 6.04 Å². The Balaban J connectivity index is 1.59. The second-order valence-corrected chi connectivity index (χ2v) is 10.1. The average Bonchev–Trinajstić information content (AvgIpc) is 2.91. The summed E-state index contributed by atoms with van der Waals surface area (Å²) in [6.45, 7) is 0.387. The maximum Gasteiger partial charge on any atom is 0.243 e. The van der Waals surface area contributed by atoms with E-state index in [0.29, 0.717) is 30.8 Å². The molecule has 1 aliphatic carbocycles. The minimum Gasteiger partial charge on any atom is -0.352 e. The number of amides is 2. The van der Waals surface area contributed by atoms with Crippen molar-refractivity contribution in [1.29, 1.82) is 0 Å². The summed E-state index contributed by atoms with van der Waals surface area (Å²) in [6, 6.07) is 27.1. The topological polar surface area (TPSA) is 49.4 Å². The zero-order valence-electron chi connectivity index (χ0n) is 20.7. The molecule has 0 aromatic heterocycles. The van der Waals surface area contributed by atoms with Crippen LogP contribution < -0.4 is 5.32 Å². The molecule has 36 heavy (non-hydrogen) atoms. The third-order valence-corrected chi connectivity index (χ3v) is 7.35. The number of carbonyl (C=O) groups excluding carboxylic acids is 2. The zero-order chi connectivity index (χ0) is 25.2. The highest BCUT2D eigenvalue weighted by molar-refractivity contribution is 6.31. The molecule has 3 aromatic carbocycles. The van der Waals surface area contributed by atoms with E-state index in [4.69, 9.17) is 11.6 Å². The number of nitrogens with zero attached hydrogens (tertiary/aromatic N) is 1. The third-order valence-electron chi connectivity index (χ3n) is 6.98. The Morgan fingerprint density at radius 2 is 1.44 bits per heavy atom. The number of rotatable bonds is 10. The van der Waals surface area contributed by atoms with E-state index in [0.717, 1.165) is 42.4 Å². The fraction of sp³-hybridized carbons (Fsp3) is 0.355. The molecule has 0 bridgehead atoms. The van der Waals surface area contributed by atoms with Gasteiger partial charge in [0.05, 0.1) is 0 Å². The van der Waals surface area contributed by atoms with Crippen LogP contribution in [0, 0.1) is 0 Å². The molecule has 1 saturated carbocycles. The van der Waals surface area contributed by atoms with Crippen LogP contribution in [0.3, 0.4) is 0 Å². The van der Waals surface area contributed by atoms with E-state index in [-0.39, 0.29) is 17.9 Å². The lowest BCUT2D eigenvalue weighted by Gasteiger charge is -2.33. The minimum atomic E-state index is -0.590. The highest BCUT2D eigenvalue weighted by atomic mass is 35.5. The van der Waals surface area contributed by atoms with Crippen molar-refractivity contribution in [3.8, 4) is 0 Å². The lowest BCUT2D eigenvalue weighted by molar-refractivity contribution is -0.141. The van der Waals surface area contributed by atoms with Crippen molar-refractivity contribution >= 4 is 23.4 Å². The molecule has 0 heterocycles. The Hall–Kier alpha value is -3.11.